The molecule has 1 fully saturated rings. The molecule has 3 nitrogen and oxygen atoms in total. The van der Waals surface area contributed by atoms with E-state index in [1.807, 2.05) is 12.1 Å². The Labute approximate surface area is 76.2 Å². The highest BCUT2D eigenvalue weighted by atomic mass is 15.0. The van der Waals surface area contributed by atoms with Crippen molar-refractivity contribution < 1.29 is 0 Å². The number of nitrogens with zero attached hydrogens (tertiary/aromatic N) is 2. The van der Waals surface area contributed by atoms with Crippen molar-refractivity contribution in [2.24, 2.45) is 0 Å². The number of H-pyrrole nitrogens is 1. The number of imidazole rings is 1. The molecule has 2 heterocycles. The van der Waals surface area contributed by atoms with Gasteiger partial charge < -0.3 is 4.98 Å². The molecule has 13 heavy (non-hydrogen) atoms. The van der Waals surface area contributed by atoms with E-state index in [2.05, 4.69) is 21.9 Å². The lowest BCUT2D eigenvalue weighted by molar-refractivity contribution is 0.727. The second-order valence-corrected chi connectivity index (χ2v) is 4.02. The van der Waals surface area contributed by atoms with Crippen LogP contribution in [0.1, 0.15) is 25.6 Å². The number of hydrogen-bond donors (Lipinski definition) is 1. The first-order chi connectivity index (χ1) is 6.28. The van der Waals surface area contributed by atoms with Crippen molar-refractivity contribution in [2.45, 2.75) is 25.2 Å². The summed E-state index contributed by atoms with van der Waals surface area (Å²) < 4.78 is 0. The summed E-state index contributed by atoms with van der Waals surface area (Å²) >= 11 is 0. The Kier molecular flexibility index (Phi) is 1.14. The maximum absolute atomic E-state index is 4.48. The fourth-order valence-electron chi connectivity index (χ4n) is 1.56. The summed E-state index contributed by atoms with van der Waals surface area (Å²) in [5.74, 6) is 1.10. The van der Waals surface area contributed by atoms with Crippen LogP contribution in [0.5, 0.6) is 0 Å². The molecule has 1 saturated carbocycles. The van der Waals surface area contributed by atoms with E-state index in [9.17, 15) is 0 Å². The minimum absolute atomic E-state index is 0.306. The quantitative estimate of drug-likeness (QED) is 0.716. The van der Waals surface area contributed by atoms with Crippen LogP contribution in [-0.4, -0.2) is 15.0 Å². The Balaban J connectivity index is 2.22. The lowest BCUT2D eigenvalue weighted by atomic mass is 10.1. The molecule has 2 aromatic heterocycles. The lowest BCUT2D eigenvalue weighted by Gasteiger charge is -2.00. The molecule has 0 amide bonds. The molecule has 2 aromatic rings. The topological polar surface area (TPSA) is 41.6 Å². The van der Waals surface area contributed by atoms with Gasteiger partial charge in [0.2, 0.25) is 0 Å². The van der Waals surface area contributed by atoms with Crippen LogP contribution in [0.4, 0.5) is 0 Å². The lowest BCUT2D eigenvalue weighted by Crippen LogP contribution is -2.01. The minimum atomic E-state index is 0.306. The van der Waals surface area contributed by atoms with E-state index in [1.165, 1.54) is 12.8 Å². The van der Waals surface area contributed by atoms with Crippen molar-refractivity contribution in [3.05, 3.63) is 24.2 Å². The number of aromatic amines is 1. The highest BCUT2D eigenvalue weighted by Crippen LogP contribution is 2.46. The Bertz CT molecular complexity index is 421. The van der Waals surface area contributed by atoms with Gasteiger partial charge in [-0.2, -0.15) is 0 Å². The van der Waals surface area contributed by atoms with E-state index in [4.69, 9.17) is 0 Å². The van der Waals surface area contributed by atoms with Gasteiger partial charge in [0.25, 0.3) is 0 Å². The fourth-order valence-corrected chi connectivity index (χ4v) is 1.56. The Morgan fingerprint density at radius 3 is 3.00 bits per heavy atom. The Morgan fingerprint density at radius 2 is 2.31 bits per heavy atom. The molecule has 0 saturated heterocycles. The van der Waals surface area contributed by atoms with Crippen LogP contribution in [0.2, 0.25) is 0 Å². The number of pyridine rings is 1. The van der Waals surface area contributed by atoms with Crippen LogP contribution in [-0.2, 0) is 5.41 Å². The molecule has 0 spiro atoms. The smallest absolute Gasteiger partial charge is 0.177 e. The normalized spacial score (nSPS) is 19.2. The Morgan fingerprint density at radius 1 is 1.46 bits per heavy atom. The SMILES string of the molecule is CC1(c2nc3ncccc3[nH]2)CC1. The summed E-state index contributed by atoms with van der Waals surface area (Å²) in [5, 5.41) is 0. The summed E-state index contributed by atoms with van der Waals surface area (Å²) in [6, 6.07) is 3.95. The van der Waals surface area contributed by atoms with E-state index in [0.29, 0.717) is 5.41 Å². The van der Waals surface area contributed by atoms with Crippen LogP contribution >= 0.6 is 0 Å². The summed E-state index contributed by atoms with van der Waals surface area (Å²) in [4.78, 5) is 12.0. The molecule has 0 atom stereocenters. The zero-order valence-electron chi connectivity index (χ0n) is 7.54. The second kappa shape index (κ2) is 2.10. The first-order valence-corrected chi connectivity index (χ1v) is 4.59. The highest BCUT2D eigenvalue weighted by Gasteiger charge is 2.41. The molecule has 1 aliphatic carbocycles. The van der Waals surface area contributed by atoms with E-state index in [-0.39, 0.29) is 0 Å². The third-order valence-corrected chi connectivity index (χ3v) is 2.83. The molecule has 3 rings (SSSR count). The standard InChI is InChI=1S/C10H11N3/c1-10(4-5-10)9-12-7-3-2-6-11-8(7)13-9/h2-3,6H,4-5H2,1H3,(H,11,12,13). The third-order valence-electron chi connectivity index (χ3n) is 2.83. The number of aromatic nitrogens is 3. The highest BCUT2D eigenvalue weighted by molar-refractivity contribution is 5.70. The van der Waals surface area contributed by atoms with Gasteiger partial charge in [-0.15, -0.1) is 0 Å². The van der Waals surface area contributed by atoms with Crippen molar-refractivity contribution >= 4 is 11.2 Å². The van der Waals surface area contributed by atoms with Crippen molar-refractivity contribution in [1.82, 2.24) is 15.0 Å². The van der Waals surface area contributed by atoms with Crippen molar-refractivity contribution in [3.63, 3.8) is 0 Å². The second-order valence-electron chi connectivity index (χ2n) is 4.02. The molecule has 1 N–H and O–H groups in total. The molecule has 0 aromatic carbocycles. The average Bonchev–Trinajstić information content (AvgIpc) is 2.76. The van der Waals surface area contributed by atoms with E-state index in [1.54, 1.807) is 6.20 Å². The summed E-state index contributed by atoms with van der Waals surface area (Å²) in [6.07, 6.45) is 4.27. The average molecular weight is 173 g/mol. The number of fused-ring (bicyclic) bond motifs is 1. The minimum Gasteiger partial charge on any atom is -0.340 e. The van der Waals surface area contributed by atoms with Gasteiger partial charge in [-0.3, -0.25) is 0 Å². The van der Waals surface area contributed by atoms with Gasteiger partial charge >= 0.3 is 0 Å². The van der Waals surface area contributed by atoms with Crippen LogP contribution in [0, 0.1) is 0 Å². The monoisotopic (exact) mass is 173 g/mol. The Hall–Kier alpha value is -1.38. The summed E-state index contributed by atoms with van der Waals surface area (Å²) in [5.41, 5.74) is 2.19. The summed E-state index contributed by atoms with van der Waals surface area (Å²) in [6.45, 7) is 2.24. The maximum atomic E-state index is 4.48. The molecule has 0 radical (unpaired) electrons. The van der Waals surface area contributed by atoms with Crippen LogP contribution < -0.4 is 0 Å². The van der Waals surface area contributed by atoms with Crippen LogP contribution in [0.15, 0.2) is 18.3 Å². The van der Waals surface area contributed by atoms with Gasteiger partial charge in [-0.05, 0) is 25.0 Å². The molecular formula is C10H11N3. The van der Waals surface area contributed by atoms with Gasteiger partial charge in [-0.25, -0.2) is 9.97 Å². The van der Waals surface area contributed by atoms with Gasteiger partial charge in [0.15, 0.2) is 5.65 Å². The molecule has 0 aliphatic heterocycles. The van der Waals surface area contributed by atoms with E-state index in [0.717, 1.165) is 17.0 Å². The van der Waals surface area contributed by atoms with E-state index >= 15 is 0 Å². The van der Waals surface area contributed by atoms with Crippen LogP contribution in [0.3, 0.4) is 0 Å². The zero-order chi connectivity index (χ0) is 8.89. The third kappa shape index (κ3) is 0.963. The predicted octanol–water partition coefficient (Wildman–Crippen LogP) is 2.01. The van der Waals surface area contributed by atoms with E-state index < -0.39 is 0 Å². The molecule has 3 heteroatoms. The number of hydrogen-bond acceptors (Lipinski definition) is 2. The van der Waals surface area contributed by atoms with Gasteiger partial charge in [0.05, 0.1) is 5.52 Å². The van der Waals surface area contributed by atoms with Crippen molar-refractivity contribution in [1.29, 1.82) is 0 Å². The maximum Gasteiger partial charge on any atom is 0.177 e. The molecule has 1 aliphatic rings. The largest absolute Gasteiger partial charge is 0.340 e. The first kappa shape index (κ1) is 7.06. The van der Waals surface area contributed by atoms with Crippen molar-refractivity contribution in [2.75, 3.05) is 0 Å². The molecule has 66 valence electrons. The summed E-state index contributed by atoms with van der Waals surface area (Å²) in [7, 11) is 0. The molecule has 0 unspecified atom stereocenters. The molecular weight excluding hydrogens is 162 g/mol. The van der Waals surface area contributed by atoms with Crippen LogP contribution in [0.25, 0.3) is 11.2 Å². The van der Waals surface area contributed by atoms with Gasteiger partial charge in [-0.1, -0.05) is 6.92 Å². The first-order valence-electron chi connectivity index (χ1n) is 4.59. The zero-order valence-corrected chi connectivity index (χ0v) is 7.54. The molecule has 0 bridgehead atoms. The van der Waals surface area contributed by atoms with Gasteiger partial charge in [0.1, 0.15) is 5.82 Å². The van der Waals surface area contributed by atoms with Crippen molar-refractivity contribution in [3.8, 4) is 0 Å². The van der Waals surface area contributed by atoms with Gasteiger partial charge in [0, 0.05) is 11.6 Å². The number of nitrogens with one attached hydrogen (secondary N) is 1. The fraction of sp³-hybridized carbons (Fsp3) is 0.400. The number of rotatable bonds is 1. The predicted molar refractivity (Wildman–Crippen MR) is 50.5 cm³/mol.